The predicted octanol–water partition coefficient (Wildman–Crippen LogP) is 2.43. The van der Waals surface area contributed by atoms with Gasteiger partial charge in [-0.2, -0.15) is 0 Å². The number of hydrogen-bond donors (Lipinski definition) is 2. The molecule has 0 bridgehead atoms. The van der Waals surface area contributed by atoms with Crippen LogP contribution in [0.5, 0.6) is 0 Å². The Morgan fingerprint density at radius 2 is 1.44 bits per heavy atom. The van der Waals surface area contributed by atoms with Gasteiger partial charge in [-0.25, -0.2) is 0 Å². The lowest BCUT2D eigenvalue weighted by molar-refractivity contribution is 0.552. The Morgan fingerprint density at radius 1 is 0.875 bits per heavy atom. The SMILES string of the molecule is NN[C@H](Cc1ccccc1)c1ccccc1. The average Bonchev–Trinajstić information content (AvgIpc) is 2.38. The lowest BCUT2D eigenvalue weighted by Crippen LogP contribution is -2.29. The van der Waals surface area contributed by atoms with Crippen LogP contribution in [0.25, 0.3) is 0 Å². The maximum absolute atomic E-state index is 5.60. The summed E-state index contributed by atoms with van der Waals surface area (Å²) in [6.07, 6.45) is 0.904. The van der Waals surface area contributed by atoms with E-state index in [0.29, 0.717) is 0 Å². The Balaban J connectivity index is 2.13. The van der Waals surface area contributed by atoms with Crippen LogP contribution in [0.15, 0.2) is 60.7 Å². The van der Waals surface area contributed by atoms with Gasteiger partial charge >= 0.3 is 0 Å². The van der Waals surface area contributed by atoms with Crippen LogP contribution < -0.4 is 11.3 Å². The number of hydrazine groups is 1. The van der Waals surface area contributed by atoms with Crippen molar-refractivity contribution < 1.29 is 0 Å². The maximum atomic E-state index is 5.60. The highest BCUT2D eigenvalue weighted by Gasteiger charge is 2.09. The molecule has 2 heteroatoms. The summed E-state index contributed by atoms with van der Waals surface area (Å²) < 4.78 is 0. The fourth-order valence-corrected chi connectivity index (χ4v) is 1.81. The molecular formula is C14H16N2. The molecule has 0 aromatic heterocycles. The topological polar surface area (TPSA) is 38.0 Å². The molecule has 0 saturated heterocycles. The fraction of sp³-hybridized carbons (Fsp3) is 0.143. The lowest BCUT2D eigenvalue weighted by atomic mass is 10.00. The number of hydrogen-bond acceptors (Lipinski definition) is 2. The summed E-state index contributed by atoms with van der Waals surface area (Å²) in [6, 6.07) is 20.8. The zero-order valence-corrected chi connectivity index (χ0v) is 9.14. The molecule has 16 heavy (non-hydrogen) atoms. The Bertz CT molecular complexity index is 411. The molecule has 2 rings (SSSR count). The summed E-state index contributed by atoms with van der Waals surface area (Å²) in [6.45, 7) is 0. The van der Waals surface area contributed by atoms with Gasteiger partial charge in [0.15, 0.2) is 0 Å². The van der Waals surface area contributed by atoms with Crippen molar-refractivity contribution in [1.29, 1.82) is 0 Å². The van der Waals surface area contributed by atoms with E-state index in [2.05, 4.69) is 29.7 Å². The number of rotatable bonds is 4. The molecule has 2 nitrogen and oxygen atoms in total. The van der Waals surface area contributed by atoms with Crippen LogP contribution in [0.3, 0.4) is 0 Å². The van der Waals surface area contributed by atoms with Crippen LogP contribution in [0.1, 0.15) is 17.2 Å². The minimum absolute atomic E-state index is 0.170. The monoisotopic (exact) mass is 212 g/mol. The smallest absolute Gasteiger partial charge is 0.0500 e. The molecule has 0 aliphatic heterocycles. The van der Waals surface area contributed by atoms with Crippen LogP contribution in [-0.4, -0.2) is 0 Å². The van der Waals surface area contributed by atoms with Crippen molar-refractivity contribution in [3.63, 3.8) is 0 Å². The van der Waals surface area contributed by atoms with Crippen molar-refractivity contribution in [2.24, 2.45) is 5.84 Å². The van der Waals surface area contributed by atoms with E-state index in [-0.39, 0.29) is 6.04 Å². The second kappa shape index (κ2) is 5.45. The normalized spacial score (nSPS) is 12.3. The first-order chi connectivity index (χ1) is 7.90. The fourth-order valence-electron chi connectivity index (χ4n) is 1.81. The first kappa shape index (κ1) is 10.9. The van der Waals surface area contributed by atoms with Gasteiger partial charge in [0.1, 0.15) is 0 Å². The van der Waals surface area contributed by atoms with Gasteiger partial charge in [0.05, 0.1) is 0 Å². The maximum Gasteiger partial charge on any atom is 0.0500 e. The Labute approximate surface area is 96.1 Å². The van der Waals surface area contributed by atoms with Crippen LogP contribution in [0, 0.1) is 0 Å². The van der Waals surface area contributed by atoms with Crippen molar-refractivity contribution in [2.45, 2.75) is 12.5 Å². The van der Waals surface area contributed by atoms with Gasteiger partial charge in [0, 0.05) is 6.04 Å². The minimum atomic E-state index is 0.170. The second-order valence-corrected chi connectivity index (χ2v) is 3.82. The van der Waals surface area contributed by atoms with E-state index in [1.165, 1.54) is 11.1 Å². The van der Waals surface area contributed by atoms with Gasteiger partial charge in [0.25, 0.3) is 0 Å². The van der Waals surface area contributed by atoms with Crippen LogP contribution in [-0.2, 0) is 6.42 Å². The molecule has 0 unspecified atom stereocenters. The summed E-state index contributed by atoms with van der Waals surface area (Å²) >= 11 is 0. The van der Waals surface area contributed by atoms with Crippen molar-refractivity contribution in [3.05, 3.63) is 71.8 Å². The second-order valence-electron chi connectivity index (χ2n) is 3.82. The van der Waals surface area contributed by atoms with E-state index >= 15 is 0 Å². The van der Waals surface area contributed by atoms with E-state index in [1.54, 1.807) is 0 Å². The molecular weight excluding hydrogens is 196 g/mol. The summed E-state index contributed by atoms with van der Waals surface area (Å²) in [7, 11) is 0. The third kappa shape index (κ3) is 2.69. The third-order valence-electron chi connectivity index (χ3n) is 2.69. The van der Waals surface area contributed by atoms with Crippen LogP contribution >= 0.6 is 0 Å². The summed E-state index contributed by atoms with van der Waals surface area (Å²) in [5.74, 6) is 5.60. The zero-order chi connectivity index (χ0) is 11.2. The molecule has 3 N–H and O–H groups in total. The molecule has 0 saturated carbocycles. The van der Waals surface area contributed by atoms with Crippen molar-refractivity contribution in [2.75, 3.05) is 0 Å². The van der Waals surface area contributed by atoms with Crippen LogP contribution in [0.4, 0.5) is 0 Å². The molecule has 1 atom stereocenters. The van der Waals surface area contributed by atoms with Crippen molar-refractivity contribution >= 4 is 0 Å². The van der Waals surface area contributed by atoms with E-state index in [1.807, 2.05) is 36.4 Å². The number of nitrogens with one attached hydrogen (secondary N) is 1. The average molecular weight is 212 g/mol. The lowest BCUT2D eigenvalue weighted by Gasteiger charge is -2.16. The molecule has 0 heterocycles. The standard InChI is InChI=1S/C14H16N2/c15-16-14(13-9-5-2-6-10-13)11-12-7-3-1-4-8-12/h1-10,14,16H,11,15H2/t14-/m1/s1. The summed E-state index contributed by atoms with van der Waals surface area (Å²) in [5, 5.41) is 0. The molecule has 0 amide bonds. The molecule has 0 fully saturated rings. The zero-order valence-electron chi connectivity index (χ0n) is 9.14. The van der Waals surface area contributed by atoms with Crippen molar-refractivity contribution in [1.82, 2.24) is 5.43 Å². The highest BCUT2D eigenvalue weighted by atomic mass is 15.2. The van der Waals surface area contributed by atoms with Gasteiger partial charge in [-0.05, 0) is 17.5 Å². The molecule has 0 radical (unpaired) electrons. The molecule has 82 valence electrons. The quantitative estimate of drug-likeness (QED) is 0.603. The molecule has 2 aromatic rings. The number of nitrogens with two attached hydrogens (primary N) is 1. The molecule has 0 aliphatic carbocycles. The number of benzene rings is 2. The van der Waals surface area contributed by atoms with Gasteiger partial charge in [-0.3, -0.25) is 11.3 Å². The Kier molecular flexibility index (Phi) is 3.70. The van der Waals surface area contributed by atoms with Crippen LogP contribution in [0.2, 0.25) is 0 Å². The highest BCUT2D eigenvalue weighted by molar-refractivity contribution is 5.23. The largest absolute Gasteiger partial charge is 0.271 e. The Morgan fingerprint density at radius 3 is 2.00 bits per heavy atom. The summed E-state index contributed by atoms with van der Waals surface area (Å²) in [5.41, 5.74) is 5.37. The van der Waals surface area contributed by atoms with E-state index < -0.39 is 0 Å². The molecule has 2 aromatic carbocycles. The minimum Gasteiger partial charge on any atom is -0.271 e. The van der Waals surface area contributed by atoms with Gasteiger partial charge in [-0.1, -0.05) is 60.7 Å². The first-order valence-corrected chi connectivity index (χ1v) is 5.45. The first-order valence-electron chi connectivity index (χ1n) is 5.45. The third-order valence-corrected chi connectivity index (χ3v) is 2.69. The van der Waals surface area contributed by atoms with E-state index in [0.717, 1.165) is 6.42 Å². The molecule has 0 spiro atoms. The van der Waals surface area contributed by atoms with E-state index in [9.17, 15) is 0 Å². The molecule has 0 aliphatic rings. The highest BCUT2D eigenvalue weighted by Crippen LogP contribution is 2.16. The van der Waals surface area contributed by atoms with Gasteiger partial charge < -0.3 is 0 Å². The van der Waals surface area contributed by atoms with Gasteiger partial charge in [-0.15, -0.1) is 0 Å². The van der Waals surface area contributed by atoms with E-state index in [4.69, 9.17) is 5.84 Å². The predicted molar refractivity (Wildman–Crippen MR) is 66.7 cm³/mol. The Hall–Kier alpha value is -1.64. The van der Waals surface area contributed by atoms with Crippen molar-refractivity contribution in [3.8, 4) is 0 Å². The van der Waals surface area contributed by atoms with Gasteiger partial charge in [0.2, 0.25) is 0 Å². The summed E-state index contributed by atoms with van der Waals surface area (Å²) in [4.78, 5) is 0.